The highest BCUT2D eigenvalue weighted by Crippen LogP contribution is 2.15. The Morgan fingerprint density at radius 3 is 2.57 bits per heavy atom. The Labute approximate surface area is 132 Å². The molecule has 2 aromatic heterocycles. The van der Waals surface area contributed by atoms with Crippen LogP contribution in [0.5, 0.6) is 0 Å². The van der Waals surface area contributed by atoms with Crippen LogP contribution in [-0.4, -0.2) is 15.0 Å². The lowest BCUT2D eigenvalue weighted by Gasteiger charge is -2.07. The fourth-order valence-corrected chi connectivity index (χ4v) is 2.52. The highest BCUT2D eigenvalue weighted by Gasteiger charge is 2.15. The second-order valence-corrected chi connectivity index (χ2v) is 5.43. The number of fused-ring (bicyclic) bond motifs is 1. The van der Waals surface area contributed by atoms with Gasteiger partial charge in [-0.1, -0.05) is 12.1 Å². The van der Waals surface area contributed by atoms with E-state index in [9.17, 15) is 14.0 Å². The SMILES string of the molecule is Cn1ccc2c(cc(C(=O)NCc3ccc(F)cc3)n2C)c1=O. The van der Waals surface area contributed by atoms with Gasteiger partial charge in [0.25, 0.3) is 11.5 Å². The fourth-order valence-electron chi connectivity index (χ4n) is 2.52. The molecule has 0 aliphatic rings. The van der Waals surface area contributed by atoms with E-state index < -0.39 is 0 Å². The number of carbonyl (C=O) groups excluding carboxylic acids is 1. The Morgan fingerprint density at radius 1 is 1.17 bits per heavy atom. The van der Waals surface area contributed by atoms with Gasteiger partial charge in [-0.15, -0.1) is 0 Å². The number of amides is 1. The smallest absolute Gasteiger partial charge is 0.268 e. The van der Waals surface area contributed by atoms with Gasteiger partial charge >= 0.3 is 0 Å². The van der Waals surface area contributed by atoms with Crippen LogP contribution in [0.15, 0.2) is 47.4 Å². The average molecular weight is 313 g/mol. The summed E-state index contributed by atoms with van der Waals surface area (Å²) >= 11 is 0. The molecule has 1 aromatic carbocycles. The first-order chi connectivity index (χ1) is 11.0. The Bertz CT molecular complexity index is 939. The van der Waals surface area contributed by atoms with Crippen LogP contribution in [0.25, 0.3) is 10.9 Å². The minimum atomic E-state index is -0.315. The van der Waals surface area contributed by atoms with Crippen LogP contribution in [0, 0.1) is 5.82 Å². The van der Waals surface area contributed by atoms with E-state index in [1.807, 2.05) is 0 Å². The summed E-state index contributed by atoms with van der Waals surface area (Å²) in [5, 5.41) is 3.28. The third-order valence-electron chi connectivity index (χ3n) is 3.89. The Balaban J connectivity index is 1.86. The molecule has 0 atom stereocenters. The van der Waals surface area contributed by atoms with Crippen LogP contribution in [-0.2, 0) is 20.6 Å². The van der Waals surface area contributed by atoms with E-state index in [1.165, 1.54) is 16.7 Å². The molecule has 0 unspecified atom stereocenters. The van der Waals surface area contributed by atoms with Gasteiger partial charge in [-0.3, -0.25) is 9.59 Å². The predicted octanol–water partition coefficient (Wildman–Crippen LogP) is 1.95. The normalized spacial score (nSPS) is 10.9. The molecule has 0 spiro atoms. The first kappa shape index (κ1) is 15.0. The van der Waals surface area contributed by atoms with E-state index in [0.29, 0.717) is 23.1 Å². The third kappa shape index (κ3) is 2.75. The first-order valence-electron chi connectivity index (χ1n) is 7.15. The van der Waals surface area contributed by atoms with Gasteiger partial charge in [0.15, 0.2) is 0 Å². The van der Waals surface area contributed by atoms with Crippen molar-refractivity contribution < 1.29 is 9.18 Å². The number of hydrogen-bond acceptors (Lipinski definition) is 2. The van der Waals surface area contributed by atoms with E-state index in [1.54, 1.807) is 49.1 Å². The molecule has 0 aliphatic heterocycles. The summed E-state index contributed by atoms with van der Waals surface area (Å²) in [6.07, 6.45) is 1.67. The van der Waals surface area contributed by atoms with E-state index in [2.05, 4.69) is 5.32 Å². The molecule has 23 heavy (non-hydrogen) atoms. The minimum Gasteiger partial charge on any atom is -0.347 e. The van der Waals surface area contributed by atoms with Gasteiger partial charge in [0.2, 0.25) is 0 Å². The molecule has 0 radical (unpaired) electrons. The number of benzene rings is 1. The van der Waals surface area contributed by atoms with Gasteiger partial charge in [0.05, 0.1) is 10.9 Å². The van der Waals surface area contributed by atoms with E-state index in [0.717, 1.165) is 5.56 Å². The van der Waals surface area contributed by atoms with Crippen LogP contribution >= 0.6 is 0 Å². The van der Waals surface area contributed by atoms with Crippen molar-refractivity contribution in [1.82, 2.24) is 14.5 Å². The van der Waals surface area contributed by atoms with E-state index >= 15 is 0 Å². The molecule has 3 rings (SSSR count). The van der Waals surface area contributed by atoms with Crippen molar-refractivity contribution in [2.45, 2.75) is 6.54 Å². The number of nitrogens with one attached hydrogen (secondary N) is 1. The maximum atomic E-state index is 12.9. The van der Waals surface area contributed by atoms with Gasteiger partial charge in [-0.2, -0.15) is 0 Å². The summed E-state index contributed by atoms with van der Waals surface area (Å²) in [5.41, 5.74) is 1.77. The van der Waals surface area contributed by atoms with Crippen LogP contribution in [0.2, 0.25) is 0 Å². The van der Waals surface area contributed by atoms with Crippen LogP contribution in [0.3, 0.4) is 0 Å². The van der Waals surface area contributed by atoms with E-state index in [4.69, 9.17) is 0 Å². The summed E-state index contributed by atoms with van der Waals surface area (Å²) in [5.74, 6) is -0.598. The second-order valence-electron chi connectivity index (χ2n) is 5.43. The lowest BCUT2D eigenvalue weighted by molar-refractivity contribution is 0.0943. The first-order valence-corrected chi connectivity index (χ1v) is 7.15. The maximum absolute atomic E-state index is 12.9. The summed E-state index contributed by atoms with van der Waals surface area (Å²) in [7, 11) is 3.41. The van der Waals surface area contributed by atoms with Crippen molar-refractivity contribution in [3.8, 4) is 0 Å². The number of aromatic nitrogens is 2. The second kappa shape index (κ2) is 5.72. The van der Waals surface area contributed by atoms with Gasteiger partial charge in [-0.05, 0) is 29.8 Å². The maximum Gasteiger partial charge on any atom is 0.268 e. The zero-order chi connectivity index (χ0) is 16.6. The topological polar surface area (TPSA) is 56.0 Å². The number of rotatable bonds is 3. The Morgan fingerprint density at radius 2 is 1.87 bits per heavy atom. The van der Waals surface area contributed by atoms with Crippen LogP contribution in [0.4, 0.5) is 4.39 Å². The van der Waals surface area contributed by atoms with Gasteiger partial charge < -0.3 is 14.5 Å². The largest absolute Gasteiger partial charge is 0.347 e. The highest BCUT2D eigenvalue weighted by molar-refractivity contribution is 5.98. The molecule has 3 aromatic rings. The van der Waals surface area contributed by atoms with Crippen molar-refractivity contribution in [3.05, 3.63) is 70.0 Å². The van der Waals surface area contributed by atoms with E-state index in [-0.39, 0.29) is 17.3 Å². The molecule has 0 saturated heterocycles. The zero-order valence-corrected chi connectivity index (χ0v) is 12.8. The number of pyridine rings is 1. The van der Waals surface area contributed by atoms with Crippen molar-refractivity contribution >= 4 is 16.8 Å². The quantitative estimate of drug-likeness (QED) is 0.803. The molecule has 1 N–H and O–H groups in total. The number of halogens is 1. The fraction of sp³-hybridized carbons (Fsp3) is 0.176. The molecule has 0 fully saturated rings. The molecular weight excluding hydrogens is 297 g/mol. The molecule has 2 heterocycles. The van der Waals surface area contributed by atoms with Gasteiger partial charge in [0.1, 0.15) is 11.5 Å². The standard InChI is InChI=1S/C17H16FN3O2/c1-20-8-7-14-13(17(20)23)9-15(21(14)2)16(22)19-10-11-3-5-12(18)6-4-11/h3-9H,10H2,1-2H3,(H,19,22). The van der Waals surface area contributed by atoms with Gasteiger partial charge in [0, 0.05) is 26.8 Å². The van der Waals surface area contributed by atoms with Crippen molar-refractivity contribution in [1.29, 1.82) is 0 Å². The molecule has 0 bridgehead atoms. The number of hydrogen-bond donors (Lipinski definition) is 1. The molecule has 0 aliphatic carbocycles. The van der Waals surface area contributed by atoms with Crippen molar-refractivity contribution in [2.24, 2.45) is 14.1 Å². The molecule has 0 saturated carbocycles. The van der Waals surface area contributed by atoms with Gasteiger partial charge in [-0.25, -0.2) is 4.39 Å². The lowest BCUT2D eigenvalue weighted by Crippen LogP contribution is -2.24. The highest BCUT2D eigenvalue weighted by atomic mass is 19.1. The van der Waals surface area contributed by atoms with Crippen LogP contribution < -0.4 is 10.9 Å². The summed E-state index contributed by atoms with van der Waals surface area (Å²) in [6.45, 7) is 0.290. The summed E-state index contributed by atoms with van der Waals surface area (Å²) in [4.78, 5) is 24.5. The number of carbonyl (C=O) groups is 1. The molecule has 6 heteroatoms. The number of aryl methyl sites for hydroxylation is 2. The van der Waals surface area contributed by atoms with Crippen molar-refractivity contribution in [2.75, 3.05) is 0 Å². The molecule has 1 amide bonds. The summed E-state index contributed by atoms with van der Waals surface area (Å²) in [6, 6.07) is 9.33. The lowest BCUT2D eigenvalue weighted by atomic mass is 10.2. The average Bonchev–Trinajstić information content (AvgIpc) is 2.88. The minimum absolute atomic E-state index is 0.143. The van der Waals surface area contributed by atoms with Crippen molar-refractivity contribution in [3.63, 3.8) is 0 Å². The number of nitrogens with zero attached hydrogens (tertiary/aromatic N) is 2. The molecular formula is C17H16FN3O2. The van der Waals surface area contributed by atoms with Crippen LogP contribution in [0.1, 0.15) is 16.1 Å². The molecule has 118 valence electrons. The predicted molar refractivity (Wildman–Crippen MR) is 85.7 cm³/mol. The summed E-state index contributed by atoms with van der Waals surface area (Å²) < 4.78 is 16.0. The monoisotopic (exact) mass is 313 g/mol. The Hall–Kier alpha value is -2.89. The third-order valence-corrected chi connectivity index (χ3v) is 3.89. The Kier molecular flexibility index (Phi) is 3.73. The zero-order valence-electron chi connectivity index (χ0n) is 12.8. The molecule has 5 nitrogen and oxygen atoms in total.